The van der Waals surface area contributed by atoms with Crippen LogP contribution in [0.2, 0.25) is 0 Å². The standard InChI is InChI=1S/C10H15N3O/c1-12-7-11-6-9(12)10(14)13(2)8-4-3-5-8/h6-8H,3-5H2,1-2H3. The third-order valence-electron chi connectivity index (χ3n) is 2.98. The topological polar surface area (TPSA) is 38.1 Å². The molecule has 1 saturated carbocycles. The van der Waals surface area contributed by atoms with Crippen LogP contribution in [-0.2, 0) is 7.05 Å². The van der Waals surface area contributed by atoms with E-state index in [1.807, 2.05) is 19.0 Å². The summed E-state index contributed by atoms with van der Waals surface area (Å²) in [4.78, 5) is 17.7. The molecule has 0 aromatic carbocycles. The van der Waals surface area contributed by atoms with Crippen LogP contribution in [0.3, 0.4) is 0 Å². The van der Waals surface area contributed by atoms with Crippen molar-refractivity contribution in [2.45, 2.75) is 25.3 Å². The normalized spacial score (nSPS) is 16.4. The van der Waals surface area contributed by atoms with E-state index in [2.05, 4.69) is 4.98 Å². The second kappa shape index (κ2) is 3.44. The molecule has 0 bridgehead atoms. The highest BCUT2D eigenvalue weighted by Gasteiger charge is 2.27. The van der Waals surface area contributed by atoms with Crippen LogP contribution in [0.1, 0.15) is 29.8 Å². The maximum atomic E-state index is 11.9. The van der Waals surface area contributed by atoms with Crippen molar-refractivity contribution in [2.75, 3.05) is 7.05 Å². The Morgan fingerprint density at radius 2 is 2.36 bits per heavy atom. The largest absolute Gasteiger partial charge is 0.337 e. The summed E-state index contributed by atoms with van der Waals surface area (Å²) in [5, 5.41) is 0. The summed E-state index contributed by atoms with van der Waals surface area (Å²) >= 11 is 0. The molecule has 0 radical (unpaired) electrons. The summed E-state index contributed by atoms with van der Waals surface area (Å²) < 4.78 is 1.76. The van der Waals surface area contributed by atoms with Crippen molar-refractivity contribution >= 4 is 5.91 Å². The Hall–Kier alpha value is -1.32. The van der Waals surface area contributed by atoms with Gasteiger partial charge in [0.15, 0.2) is 0 Å². The van der Waals surface area contributed by atoms with E-state index in [-0.39, 0.29) is 5.91 Å². The molecule has 0 unspecified atom stereocenters. The van der Waals surface area contributed by atoms with Gasteiger partial charge in [-0.2, -0.15) is 0 Å². The van der Waals surface area contributed by atoms with Crippen LogP contribution >= 0.6 is 0 Å². The molecule has 4 heteroatoms. The molecule has 1 amide bonds. The lowest BCUT2D eigenvalue weighted by Crippen LogP contribution is -2.41. The molecular weight excluding hydrogens is 178 g/mol. The fourth-order valence-corrected chi connectivity index (χ4v) is 1.68. The van der Waals surface area contributed by atoms with Crippen molar-refractivity contribution in [1.29, 1.82) is 0 Å². The van der Waals surface area contributed by atoms with Gasteiger partial charge in [0.2, 0.25) is 0 Å². The molecule has 1 heterocycles. The first kappa shape index (κ1) is 9.24. The Balaban J connectivity index is 2.11. The molecule has 1 aromatic rings. The number of carbonyl (C=O) groups excluding carboxylic acids is 1. The minimum atomic E-state index is 0.0784. The Morgan fingerprint density at radius 1 is 1.64 bits per heavy atom. The third kappa shape index (κ3) is 1.41. The van der Waals surface area contributed by atoms with Gasteiger partial charge in [0.25, 0.3) is 5.91 Å². The molecule has 76 valence electrons. The maximum Gasteiger partial charge on any atom is 0.272 e. The van der Waals surface area contributed by atoms with Crippen molar-refractivity contribution in [3.05, 3.63) is 18.2 Å². The molecule has 1 fully saturated rings. The highest BCUT2D eigenvalue weighted by atomic mass is 16.2. The van der Waals surface area contributed by atoms with Crippen LogP contribution in [0.25, 0.3) is 0 Å². The predicted molar refractivity (Wildman–Crippen MR) is 52.9 cm³/mol. The Labute approximate surface area is 83.5 Å². The van der Waals surface area contributed by atoms with E-state index < -0.39 is 0 Å². The van der Waals surface area contributed by atoms with Crippen LogP contribution < -0.4 is 0 Å². The monoisotopic (exact) mass is 193 g/mol. The van der Waals surface area contributed by atoms with Crippen molar-refractivity contribution in [3.8, 4) is 0 Å². The van der Waals surface area contributed by atoms with Gasteiger partial charge < -0.3 is 9.47 Å². The van der Waals surface area contributed by atoms with Gasteiger partial charge in [0, 0.05) is 20.1 Å². The summed E-state index contributed by atoms with van der Waals surface area (Å²) in [5.41, 5.74) is 0.666. The first-order chi connectivity index (χ1) is 6.70. The minimum absolute atomic E-state index is 0.0784. The lowest BCUT2D eigenvalue weighted by molar-refractivity contribution is 0.0642. The molecular formula is C10H15N3O. The van der Waals surface area contributed by atoms with Crippen molar-refractivity contribution in [2.24, 2.45) is 7.05 Å². The van der Waals surface area contributed by atoms with Gasteiger partial charge in [-0.05, 0) is 19.3 Å². The van der Waals surface area contributed by atoms with Gasteiger partial charge >= 0.3 is 0 Å². The van der Waals surface area contributed by atoms with Crippen molar-refractivity contribution in [3.63, 3.8) is 0 Å². The molecule has 1 aromatic heterocycles. The molecule has 0 spiro atoms. The Kier molecular flexibility index (Phi) is 2.27. The lowest BCUT2D eigenvalue weighted by Gasteiger charge is -2.34. The van der Waals surface area contributed by atoms with E-state index in [0.29, 0.717) is 11.7 Å². The number of hydrogen-bond donors (Lipinski definition) is 0. The van der Waals surface area contributed by atoms with Gasteiger partial charge in [-0.3, -0.25) is 4.79 Å². The summed E-state index contributed by atoms with van der Waals surface area (Å²) in [7, 11) is 3.72. The van der Waals surface area contributed by atoms with Crippen LogP contribution in [-0.4, -0.2) is 33.4 Å². The van der Waals surface area contributed by atoms with E-state index in [9.17, 15) is 4.79 Å². The second-order valence-electron chi connectivity index (χ2n) is 3.89. The van der Waals surface area contributed by atoms with Crippen LogP contribution in [0.4, 0.5) is 0 Å². The first-order valence-electron chi connectivity index (χ1n) is 4.93. The molecule has 0 saturated heterocycles. The summed E-state index contributed by atoms with van der Waals surface area (Å²) in [6.07, 6.45) is 6.80. The van der Waals surface area contributed by atoms with Crippen LogP contribution in [0, 0.1) is 0 Å². The molecule has 1 aliphatic rings. The quantitative estimate of drug-likeness (QED) is 0.704. The number of rotatable bonds is 2. The molecule has 4 nitrogen and oxygen atoms in total. The smallest absolute Gasteiger partial charge is 0.272 e. The minimum Gasteiger partial charge on any atom is -0.337 e. The van der Waals surface area contributed by atoms with Gasteiger partial charge in [-0.15, -0.1) is 0 Å². The van der Waals surface area contributed by atoms with Crippen LogP contribution in [0.15, 0.2) is 12.5 Å². The molecule has 0 aliphatic heterocycles. The van der Waals surface area contributed by atoms with E-state index >= 15 is 0 Å². The van der Waals surface area contributed by atoms with E-state index in [1.54, 1.807) is 17.1 Å². The summed E-state index contributed by atoms with van der Waals surface area (Å²) in [5.74, 6) is 0.0784. The fraction of sp³-hybridized carbons (Fsp3) is 0.600. The van der Waals surface area contributed by atoms with Gasteiger partial charge in [0.05, 0.1) is 12.5 Å². The molecule has 0 N–H and O–H groups in total. The number of nitrogens with zero attached hydrogens (tertiary/aromatic N) is 3. The van der Waals surface area contributed by atoms with E-state index in [1.165, 1.54) is 6.42 Å². The summed E-state index contributed by atoms with van der Waals surface area (Å²) in [6, 6.07) is 0.442. The Morgan fingerprint density at radius 3 is 2.79 bits per heavy atom. The molecule has 2 rings (SSSR count). The first-order valence-corrected chi connectivity index (χ1v) is 4.93. The number of carbonyl (C=O) groups is 1. The number of aromatic nitrogens is 2. The number of hydrogen-bond acceptors (Lipinski definition) is 2. The van der Waals surface area contributed by atoms with Crippen molar-refractivity contribution in [1.82, 2.24) is 14.5 Å². The average molecular weight is 193 g/mol. The summed E-state index contributed by atoms with van der Waals surface area (Å²) in [6.45, 7) is 0. The van der Waals surface area contributed by atoms with Crippen LogP contribution in [0.5, 0.6) is 0 Å². The molecule has 1 aliphatic carbocycles. The Bertz CT molecular complexity index is 341. The zero-order valence-electron chi connectivity index (χ0n) is 8.60. The van der Waals surface area contributed by atoms with Gasteiger partial charge in [-0.1, -0.05) is 0 Å². The van der Waals surface area contributed by atoms with Crippen molar-refractivity contribution < 1.29 is 4.79 Å². The lowest BCUT2D eigenvalue weighted by atomic mass is 9.92. The van der Waals surface area contributed by atoms with E-state index in [4.69, 9.17) is 0 Å². The second-order valence-corrected chi connectivity index (χ2v) is 3.89. The maximum absolute atomic E-state index is 11.9. The molecule has 0 atom stereocenters. The zero-order chi connectivity index (χ0) is 10.1. The molecule has 14 heavy (non-hydrogen) atoms. The van der Waals surface area contributed by atoms with E-state index in [0.717, 1.165) is 12.8 Å². The highest BCUT2D eigenvalue weighted by molar-refractivity contribution is 5.92. The number of amides is 1. The highest BCUT2D eigenvalue weighted by Crippen LogP contribution is 2.24. The SMILES string of the molecule is CN(C(=O)c1cncn1C)C1CCC1. The average Bonchev–Trinajstić information content (AvgIpc) is 2.47. The fourth-order valence-electron chi connectivity index (χ4n) is 1.68. The zero-order valence-corrected chi connectivity index (χ0v) is 8.60. The predicted octanol–water partition coefficient (Wildman–Crippen LogP) is 1.04. The van der Waals surface area contributed by atoms with Gasteiger partial charge in [0.1, 0.15) is 5.69 Å². The number of imidazole rings is 1. The van der Waals surface area contributed by atoms with Gasteiger partial charge in [-0.25, -0.2) is 4.98 Å². The third-order valence-corrected chi connectivity index (χ3v) is 2.98. The number of aryl methyl sites for hydroxylation is 1.